The third-order valence-electron chi connectivity index (χ3n) is 5.82. The average molecular weight is 516 g/mol. The zero-order valence-electron chi connectivity index (χ0n) is 19.3. The molecule has 0 aliphatic carbocycles. The first-order chi connectivity index (χ1) is 16.7. The number of nitrogens with zero attached hydrogens (tertiary/aromatic N) is 3. The lowest BCUT2D eigenvalue weighted by molar-refractivity contribution is 0.347. The van der Waals surface area contributed by atoms with Crippen molar-refractivity contribution in [1.82, 2.24) is 13.9 Å². The van der Waals surface area contributed by atoms with E-state index >= 15 is 0 Å². The van der Waals surface area contributed by atoms with Crippen molar-refractivity contribution >= 4 is 32.5 Å². The molecule has 10 heteroatoms. The highest BCUT2D eigenvalue weighted by Crippen LogP contribution is 2.31. The number of ether oxygens (including phenoxy) is 1. The van der Waals surface area contributed by atoms with Gasteiger partial charge in [-0.1, -0.05) is 30.7 Å². The standard InChI is InChI=1S/C25H23ClFN3O4S/c1-4-23(29(2)35(32,33)18-12-10-17(34-3)11-13-18)24-28-22-8-6-5-7-19(22)25(31)30(24)16-9-14-21(27)20(26)15-16/h5-15,23H,4H2,1-3H3. The van der Waals surface area contributed by atoms with Gasteiger partial charge in [0.1, 0.15) is 17.4 Å². The lowest BCUT2D eigenvalue weighted by atomic mass is 10.1. The summed E-state index contributed by atoms with van der Waals surface area (Å²) < 4.78 is 48.5. The van der Waals surface area contributed by atoms with Gasteiger partial charge >= 0.3 is 0 Å². The molecule has 35 heavy (non-hydrogen) atoms. The van der Waals surface area contributed by atoms with Crippen molar-refractivity contribution in [2.75, 3.05) is 14.2 Å². The third-order valence-corrected chi connectivity index (χ3v) is 7.99. The molecule has 0 amide bonds. The van der Waals surface area contributed by atoms with Gasteiger partial charge in [-0.15, -0.1) is 0 Å². The van der Waals surface area contributed by atoms with Gasteiger partial charge in [0.25, 0.3) is 5.56 Å². The molecule has 0 radical (unpaired) electrons. The Bertz CT molecular complexity index is 1560. The highest BCUT2D eigenvalue weighted by atomic mass is 35.5. The average Bonchev–Trinajstić information content (AvgIpc) is 2.86. The quantitative estimate of drug-likeness (QED) is 0.347. The molecule has 0 bridgehead atoms. The molecule has 4 rings (SSSR count). The molecular formula is C25H23ClFN3O4S. The number of para-hydroxylation sites is 1. The summed E-state index contributed by atoms with van der Waals surface area (Å²) in [6, 6.07) is 15.9. The van der Waals surface area contributed by atoms with Crippen LogP contribution in [0.1, 0.15) is 25.2 Å². The molecule has 7 nitrogen and oxygen atoms in total. The van der Waals surface area contributed by atoms with Gasteiger partial charge in [0.2, 0.25) is 10.0 Å². The molecular weight excluding hydrogens is 493 g/mol. The Kier molecular flexibility index (Phi) is 6.93. The number of fused-ring (bicyclic) bond motifs is 1. The molecule has 0 N–H and O–H groups in total. The molecule has 0 fully saturated rings. The van der Waals surface area contributed by atoms with Crippen molar-refractivity contribution in [2.45, 2.75) is 24.3 Å². The first-order valence-corrected chi connectivity index (χ1v) is 12.6. The molecule has 0 saturated heterocycles. The summed E-state index contributed by atoms with van der Waals surface area (Å²) in [6.45, 7) is 1.80. The predicted octanol–water partition coefficient (Wildman–Crippen LogP) is 4.96. The van der Waals surface area contributed by atoms with Gasteiger partial charge in [0.05, 0.1) is 39.7 Å². The van der Waals surface area contributed by atoms with Crippen molar-refractivity contribution in [3.8, 4) is 11.4 Å². The fourth-order valence-electron chi connectivity index (χ4n) is 3.93. The van der Waals surface area contributed by atoms with E-state index in [4.69, 9.17) is 21.3 Å². The summed E-state index contributed by atoms with van der Waals surface area (Å²) in [7, 11) is -1.03. The van der Waals surface area contributed by atoms with Gasteiger partial charge in [-0.2, -0.15) is 4.31 Å². The van der Waals surface area contributed by atoms with E-state index in [-0.39, 0.29) is 21.4 Å². The lowest BCUT2D eigenvalue weighted by Crippen LogP contribution is -2.36. The molecule has 4 aromatic rings. The summed E-state index contributed by atoms with van der Waals surface area (Å²) in [5.74, 6) is 0.0836. The number of aromatic nitrogens is 2. The Balaban J connectivity index is 1.93. The van der Waals surface area contributed by atoms with E-state index < -0.39 is 27.4 Å². The van der Waals surface area contributed by atoms with Gasteiger partial charge in [0, 0.05) is 7.05 Å². The molecule has 0 saturated carbocycles. The Morgan fingerprint density at radius 3 is 2.43 bits per heavy atom. The van der Waals surface area contributed by atoms with Crippen LogP contribution in [-0.2, 0) is 10.0 Å². The highest BCUT2D eigenvalue weighted by Gasteiger charge is 2.32. The maximum absolute atomic E-state index is 13.9. The second-order valence-corrected chi connectivity index (χ2v) is 10.3. The number of methoxy groups -OCH3 is 1. The summed E-state index contributed by atoms with van der Waals surface area (Å²) >= 11 is 6.01. The number of hydrogen-bond acceptors (Lipinski definition) is 5. The minimum Gasteiger partial charge on any atom is -0.497 e. The maximum atomic E-state index is 13.9. The summed E-state index contributed by atoms with van der Waals surface area (Å²) in [6.07, 6.45) is 0.311. The SMILES string of the molecule is CCC(c1nc2ccccc2c(=O)n1-c1ccc(F)c(Cl)c1)N(C)S(=O)(=O)c1ccc(OC)cc1. The van der Waals surface area contributed by atoms with Gasteiger partial charge in [-0.05, 0) is 61.0 Å². The van der Waals surface area contributed by atoms with Crippen molar-refractivity contribution < 1.29 is 17.5 Å². The van der Waals surface area contributed by atoms with Crippen LogP contribution in [0.25, 0.3) is 16.6 Å². The monoisotopic (exact) mass is 515 g/mol. The minimum atomic E-state index is -3.97. The van der Waals surface area contributed by atoms with Crippen LogP contribution < -0.4 is 10.3 Å². The highest BCUT2D eigenvalue weighted by molar-refractivity contribution is 7.89. The van der Waals surface area contributed by atoms with E-state index in [1.165, 1.54) is 47.3 Å². The fourth-order valence-corrected chi connectivity index (χ4v) is 5.50. The smallest absolute Gasteiger partial charge is 0.266 e. The van der Waals surface area contributed by atoms with E-state index in [9.17, 15) is 17.6 Å². The molecule has 3 aromatic carbocycles. The topological polar surface area (TPSA) is 81.5 Å². The third kappa shape index (κ3) is 4.54. The summed E-state index contributed by atoms with van der Waals surface area (Å²) in [5.41, 5.74) is 0.288. The van der Waals surface area contributed by atoms with E-state index in [2.05, 4.69) is 0 Å². The van der Waals surface area contributed by atoms with E-state index in [1.54, 1.807) is 43.3 Å². The van der Waals surface area contributed by atoms with E-state index in [1.807, 2.05) is 0 Å². The van der Waals surface area contributed by atoms with Gasteiger partial charge in [-0.3, -0.25) is 9.36 Å². The molecule has 1 unspecified atom stereocenters. The molecule has 182 valence electrons. The van der Waals surface area contributed by atoms with E-state index in [0.29, 0.717) is 23.1 Å². The minimum absolute atomic E-state index is 0.0683. The Morgan fingerprint density at radius 2 is 1.80 bits per heavy atom. The molecule has 1 heterocycles. The zero-order chi connectivity index (χ0) is 25.3. The van der Waals surface area contributed by atoms with Gasteiger partial charge < -0.3 is 4.74 Å². The van der Waals surface area contributed by atoms with Crippen LogP contribution >= 0.6 is 11.6 Å². The van der Waals surface area contributed by atoms with Gasteiger partial charge in [0.15, 0.2) is 0 Å². The predicted molar refractivity (Wildman–Crippen MR) is 133 cm³/mol. The second kappa shape index (κ2) is 9.77. The number of hydrogen-bond donors (Lipinski definition) is 0. The number of rotatable bonds is 7. The summed E-state index contributed by atoms with van der Waals surface area (Å²) in [4.78, 5) is 18.3. The molecule has 0 aliphatic rings. The second-order valence-electron chi connectivity index (χ2n) is 7.85. The van der Waals surface area contributed by atoms with Gasteiger partial charge in [-0.25, -0.2) is 17.8 Å². The largest absolute Gasteiger partial charge is 0.497 e. The Labute approximate surface area is 207 Å². The van der Waals surface area contributed by atoms with Crippen LogP contribution in [0.3, 0.4) is 0 Å². The van der Waals surface area contributed by atoms with Crippen LogP contribution in [0.4, 0.5) is 4.39 Å². The van der Waals surface area contributed by atoms with Crippen molar-refractivity contribution in [1.29, 1.82) is 0 Å². The number of sulfonamides is 1. The summed E-state index contributed by atoms with van der Waals surface area (Å²) in [5, 5.41) is 0.174. The lowest BCUT2D eigenvalue weighted by Gasteiger charge is -2.28. The number of benzene rings is 3. The van der Waals surface area contributed by atoms with Crippen molar-refractivity contribution in [3.63, 3.8) is 0 Å². The molecule has 0 aliphatic heterocycles. The molecule has 1 aromatic heterocycles. The van der Waals surface area contributed by atoms with Crippen LogP contribution in [0, 0.1) is 5.82 Å². The molecule has 0 spiro atoms. The Hall–Kier alpha value is -3.27. The van der Waals surface area contributed by atoms with Crippen LogP contribution in [-0.4, -0.2) is 36.4 Å². The number of halogens is 2. The van der Waals surface area contributed by atoms with Crippen LogP contribution in [0.5, 0.6) is 5.75 Å². The van der Waals surface area contributed by atoms with Crippen LogP contribution in [0.15, 0.2) is 76.4 Å². The van der Waals surface area contributed by atoms with Crippen LogP contribution in [0.2, 0.25) is 5.02 Å². The zero-order valence-corrected chi connectivity index (χ0v) is 20.8. The fraction of sp³-hybridized carbons (Fsp3) is 0.200. The first-order valence-electron chi connectivity index (χ1n) is 10.8. The first kappa shape index (κ1) is 24.8. The van der Waals surface area contributed by atoms with E-state index in [0.717, 1.165) is 6.07 Å². The Morgan fingerprint density at radius 1 is 1.11 bits per heavy atom. The van der Waals surface area contributed by atoms with Crippen molar-refractivity contribution in [3.05, 3.63) is 93.7 Å². The van der Waals surface area contributed by atoms with Crippen molar-refractivity contribution in [2.24, 2.45) is 0 Å². The molecule has 1 atom stereocenters. The maximum Gasteiger partial charge on any atom is 0.266 e. The normalized spacial score (nSPS) is 12.7.